The first-order valence-electron chi connectivity index (χ1n) is 5.52. The van der Waals surface area contributed by atoms with Crippen molar-refractivity contribution in [3.63, 3.8) is 0 Å². The van der Waals surface area contributed by atoms with Crippen molar-refractivity contribution in [2.24, 2.45) is 5.73 Å². The van der Waals surface area contributed by atoms with E-state index in [4.69, 9.17) is 28.9 Å². The highest BCUT2D eigenvalue weighted by Crippen LogP contribution is 2.28. The van der Waals surface area contributed by atoms with Crippen LogP contribution in [0, 0.1) is 0 Å². The Bertz CT molecular complexity index is 557. The van der Waals surface area contributed by atoms with Crippen LogP contribution in [0.1, 0.15) is 17.2 Å². The Kier molecular flexibility index (Phi) is 4.68. The lowest BCUT2D eigenvalue weighted by Crippen LogP contribution is -2.14. The molecule has 2 N–H and O–H groups in total. The van der Waals surface area contributed by atoms with Gasteiger partial charge in [0.05, 0.1) is 0 Å². The molecule has 18 heavy (non-hydrogen) atoms. The molecule has 0 aromatic heterocycles. The predicted octanol–water partition coefficient (Wildman–Crippen LogP) is 5.00. The smallest absolute Gasteiger partial charge is 0.0454 e. The molecule has 0 aliphatic rings. The topological polar surface area (TPSA) is 26.0 Å². The van der Waals surface area contributed by atoms with Crippen molar-refractivity contribution in [2.45, 2.75) is 12.5 Å². The van der Waals surface area contributed by atoms with Crippen LogP contribution in [0.3, 0.4) is 0 Å². The van der Waals surface area contributed by atoms with Crippen LogP contribution in [0.4, 0.5) is 0 Å². The Morgan fingerprint density at radius 3 is 2.56 bits per heavy atom. The zero-order valence-corrected chi connectivity index (χ0v) is 12.6. The van der Waals surface area contributed by atoms with Gasteiger partial charge in [-0.15, -0.1) is 0 Å². The molecule has 1 nitrogen and oxygen atoms in total. The van der Waals surface area contributed by atoms with E-state index in [-0.39, 0.29) is 6.04 Å². The zero-order chi connectivity index (χ0) is 13.1. The second-order valence-electron chi connectivity index (χ2n) is 4.07. The van der Waals surface area contributed by atoms with Gasteiger partial charge in [0.25, 0.3) is 0 Å². The van der Waals surface area contributed by atoms with Crippen LogP contribution in [-0.2, 0) is 6.42 Å². The fourth-order valence-corrected chi connectivity index (χ4v) is 2.69. The summed E-state index contributed by atoms with van der Waals surface area (Å²) in [5, 5.41) is 1.30. The van der Waals surface area contributed by atoms with Gasteiger partial charge in [-0.05, 0) is 41.8 Å². The highest BCUT2D eigenvalue weighted by atomic mass is 79.9. The lowest BCUT2D eigenvalue weighted by atomic mass is 10.00. The minimum Gasteiger partial charge on any atom is -0.324 e. The van der Waals surface area contributed by atoms with Crippen LogP contribution < -0.4 is 5.73 Å². The van der Waals surface area contributed by atoms with Gasteiger partial charge in [-0.1, -0.05) is 57.3 Å². The third-order valence-corrected chi connectivity index (χ3v) is 4.11. The minimum atomic E-state index is -0.171. The fraction of sp³-hybridized carbons (Fsp3) is 0.143. The summed E-state index contributed by atoms with van der Waals surface area (Å²) < 4.78 is 1.05. The second kappa shape index (κ2) is 6.07. The normalized spacial score (nSPS) is 12.4. The summed E-state index contributed by atoms with van der Waals surface area (Å²) in [5.74, 6) is 0. The van der Waals surface area contributed by atoms with Crippen molar-refractivity contribution < 1.29 is 0 Å². The molecule has 1 unspecified atom stereocenters. The average molecular weight is 345 g/mol. The fourth-order valence-electron chi connectivity index (χ4n) is 1.81. The van der Waals surface area contributed by atoms with E-state index in [2.05, 4.69) is 15.9 Å². The summed E-state index contributed by atoms with van der Waals surface area (Å²) >= 11 is 15.6. The van der Waals surface area contributed by atoms with E-state index >= 15 is 0 Å². The molecule has 0 heterocycles. The molecular weight excluding hydrogens is 333 g/mol. The van der Waals surface area contributed by atoms with Gasteiger partial charge in [-0.2, -0.15) is 0 Å². The number of rotatable bonds is 3. The van der Waals surface area contributed by atoms with Crippen molar-refractivity contribution in [2.75, 3.05) is 0 Å². The van der Waals surface area contributed by atoms with Crippen LogP contribution in [0.5, 0.6) is 0 Å². The Balaban J connectivity index is 2.25. The van der Waals surface area contributed by atoms with Crippen molar-refractivity contribution in [3.05, 3.63) is 68.1 Å². The van der Waals surface area contributed by atoms with Crippen LogP contribution in [0.2, 0.25) is 10.0 Å². The largest absolute Gasteiger partial charge is 0.324 e. The molecular formula is C14H12BrCl2N. The quantitative estimate of drug-likeness (QED) is 0.833. The summed E-state index contributed by atoms with van der Waals surface area (Å²) in [6.45, 7) is 0. The van der Waals surface area contributed by atoms with E-state index in [9.17, 15) is 0 Å². The molecule has 0 spiro atoms. The Hall–Kier alpha value is -0.540. The van der Waals surface area contributed by atoms with Gasteiger partial charge in [0, 0.05) is 20.6 Å². The van der Waals surface area contributed by atoms with E-state index < -0.39 is 0 Å². The van der Waals surface area contributed by atoms with Crippen molar-refractivity contribution in [1.29, 1.82) is 0 Å². The van der Waals surface area contributed by atoms with Crippen molar-refractivity contribution >= 4 is 39.1 Å². The first-order chi connectivity index (χ1) is 8.58. The Morgan fingerprint density at radius 2 is 1.83 bits per heavy atom. The van der Waals surface area contributed by atoms with Gasteiger partial charge < -0.3 is 5.73 Å². The monoisotopic (exact) mass is 343 g/mol. The van der Waals surface area contributed by atoms with Gasteiger partial charge >= 0.3 is 0 Å². The maximum absolute atomic E-state index is 6.20. The maximum Gasteiger partial charge on any atom is 0.0454 e. The van der Waals surface area contributed by atoms with Crippen LogP contribution in [0.25, 0.3) is 0 Å². The lowest BCUT2D eigenvalue weighted by molar-refractivity contribution is 0.720. The van der Waals surface area contributed by atoms with Crippen molar-refractivity contribution in [1.82, 2.24) is 0 Å². The first-order valence-corrected chi connectivity index (χ1v) is 7.07. The zero-order valence-electron chi connectivity index (χ0n) is 9.54. The van der Waals surface area contributed by atoms with Gasteiger partial charge in [0.2, 0.25) is 0 Å². The van der Waals surface area contributed by atoms with Crippen LogP contribution in [0.15, 0.2) is 46.9 Å². The predicted molar refractivity (Wildman–Crippen MR) is 81.2 cm³/mol. The van der Waals surface area contributed by atoms with E-state index in [1.807, 2.05) is 30.3 Å². The highest BCUT2D eigenvalue weighted by Gasteiger charge is 2.12. The van der Waals surface area contributed by atoms with E-state index in [0.717, 1.165) is 15.6 Å². The van der Waals surface area contributed by atoms with Crippen LogP contribution in [-0.4, -0.2) is 0 Å². The number of nitrogens with two attached hydrogens (primary N) is 1. The molecule has 0 amide bonds. The maximum atomic E-state index is 6.20. The molecule has 94 valence electrons. The molecule has 2 aromatic rings. The lowest BCUT2D eigenvalue weighted by Gasteiger charge is -2.15. The van der Waals surface area contributed by atoms with Gasteiger partial charge in [-0.25, -0.2) is 0 Å². The van der Waals surface area contributed by atoms with Crippen LogP contribution >= 0.6 is 39.1 Å². The SMILES string of the molecule is NC(Cc1ccccc1Br)c1cc(Cl)ccc1Cl. The summed E-state index contributed by atoms with van der Waals surface area (Å²) in [6.07, 6.45) is 0.710. The van der Waals surface area contributed by atoms with Gasteiger partial charge in [-0.3, -0.25) is 0 Å². The molecule has 2 rings (SSSR count). The minimum absolute atomic E-state index is 0.171. The summed E-state index contributed by atoms with van der Waals surface area (Å²) in [5.41, 5.74) is 8.23. The summed E-state index contributed by atoms with van der Waals surface area (Å²) in [7, 11) is 0. The second-order valence-corrected chi connectivity index (χ2v) is 5.77. The Labute approximate surface area is 125 Å². The van der Waals surface area contributed by atoms with E-state index in [1.165, 1.54) is 0 Å². The molecule has 0 aliphatic carbocycles. The molecule has 0 fully saturated rings. The molecule has 2 aromatic carbocycles. The number of halogens is 3. The summed E-state index contributed by atoms with van der Waals surface area (Å²) in [4.78, 5) is 0. The first kappa shape index (κ1) is 13.9. The molecule has 0 radical (unpaired) electrons. The Morgan fingerprint density at radius 1 is 1.11 bits per heavy atom. The third-order valence-electron chi connectivity index (χ3n) is 2.76. The number of hydrogen-bond acceptors (Lipinski definition) is 1. The third kappa shape index (κ3) is 3.27. The van der Waals surface area contributed by atoms with Crippen molar-refractivity contribution in [3.8, 4) is 0 Å². The average Bonchev–Trinajstić information content (AvgIpc) is 2.35. The molecule has 0 saturated carbocycles. The molecule has 4 heteroatoms. The molecule has 0 saturated heterocycles. The number of benzene rings is 2. The van der Waals surface area contributed by atoms with E-state index in [1.54, 1.807) is 12.1 Å². The highest BCUT2D eigenvalue weighted by molar-refractivity contribution is 9.10. The number of hydrogen-bond donors (Lipinski definition) is 1. The molecule has 0 bridgehead atoms. The molecule has 1 atom stereocenters. The van der Waals surface area contributed by atoms with Gasteiger partial charge in [0.1, 0.15) is 0 Å². The van der Waals surface area contributed by atoms with E-state index in [0.29, 0.717) is 16.5 Å². The molecule has 0 aliphatic heterocycles. The van der Waals surface area contributed by atoms with Gasteiger partial charge in [0.15, 0.2) is 0 Å². The standard InChI is InChI=1S/C14H12BrCl2N/c15-12-4-2-1-3-9(12)7-14(18)11-8-10(16)5-6-13(11)17/h1-6,8,14H,7,18H2. The summed E-state index contributed by atoms with van der Waals surface area (Å²) in [6, 6.07) is 13.2.